The van der Waals surface area contributed by atoms with Crippen molar-refractivity contribution in [2.45, 2.75) is 44.9 Å². The monoisotopic (exact) mass is 296 g/mol. The number of hydrogen-bond donors (Lipinski definition) is 0. The maximum absolute atomic E-state index is 5.54. The van der Waals surface area contributed by atoms with Gasteiger partial charge in [-0.15, -0.1) is 0 Å². The molecule has 0 N–H and O–H groups in total. The Morgan fingerprint density at radius 2 is 2.06 bits per heavy atom. The van der Waals surface area contributed by atoms with E-state index in [0.29, 0.717) is 5.92 Å². The van der Waals surface area contributed by atoms with Crippen molar-refractivity contribution in [2.24, 2.45) is 5.92 Å². The third-order valence-electron chi connectivity index (χ3n) is 4.03. The first-order valence-electron chi connectivity index (χ1n) is 6.59. The second-order valence-corrected chi connectivity index (χ2v) is 5.86. The lowest BCUT2D eigenvalue weighted by Crippen LogP contribution is -2.17. The van der Waals surface area contributed by atoms with Gasteiger partial charge in [0.15, 0.2) is 0 Å². The average molecular weight is 297 g/mol. The Kier molecular flexibility index (Phi) is 4.49. The number of rotatable bonds is 3. The zero-order valence-electron chi connectivity index (χ0n) is 10.7. The molecule has 94 valence electrons. The molecule has 2 heteroatoms. The number of halogens is 1. The second kappa shape index (κ2) is 5.90. The van der Waals surface area contributed by atoms with E-state index in [1.165, 1.54) is 37.7 Å². The minimum Gasteiger partial charge on any atom is -0.496 e. The van der Waals surface area contributed by atoms with Gasteiger partial charge in [0.1, 0.15) is 5.75 Å². The largest absolute Gasteiger partial charge is 0.496 e. The van der Waals surface area contributed by atoms with Gasteiger partial charge in [0.2, 0.25) is 0 Å². The van der Waals surface area contributed by atoms with Crippen LogP contribution < -0.4 is 4.74 Å². The van der Waals surface area contributed by atoms with Crippen LogP contribution in [0.3, 0.4) is 0 Å². The van der Waals surface area contributed by atoms with Gasteiger partial charge in [-0.25, -0.2) is 0 Å². The molecule has 0 amide bonds. The molecule has 0 bridgehead atoms. The molecule has 0 spiro atoms. The Bertz CT molecular complexity index is 375. The predicted octanol–water partition coefficient (Wildman–Crippen LogP) is 5.14. The molecule has 2 rings (SSSR count). The summed E-state index contributed by atoms with van der Waals surface area (Å²) in [5, 5.41) is 0. The van der Waals surface area contributed by atoms with E-state index in [1.54, 1.807) is 7.11 Å². The van der Waals surface area contributed by atoms with Crippen molar-refractivity contribution in [3.8, 4) is 5.75 Å². The van der Waals surface area contributed by atoms with Crippen LogP contribution in [0.1, 0.15) is 50.5 Å². The molecular formula is C15H21BrO. The smallest absolute Gasteiger partial charge is 0.123 e. The number of ether oxygens (including phenoxy) is 1. The zero-order valence-corrected chi connectivity index (χ0v) is 12.3. The van der Waals surface area contributed by atoms with Crippen molar-refractivity contribution >= 4 is 15.9 Å². The molecule has 1 saturated carbocycles. The van der Waals surface area contributed by atoms with E-state index < -0.39 is 0 Å². The Balaban J connectivity index is 2.30. The molecule has 2 atom stereocenters. The number of methoxy groups -OCH3 is 1. The standard InChI is InChI=1S/C15H21BrO/c1-3-11-6-4-5-7-13(11)14-9-8-12(16)10-15(14)17-2/h8-11,13H,3-7H2,1-2H3. The highest BCUT2D eigenvalue weighted by molar-refractivity contribution is 9.10. The van der Waals surface area contributed by atoms with Crippen molar-refractivity contribution in [2.75, 3.05) is 7.11 Å². The van der Waals surface area contributed by atoms with Gasteiger partial charge >= 0.3 is 0 Å². The molecule has 0 aliphatic heterocycles. The molecule has 1 aliphatic carbocycles. The van der Waals surface area contributed by atoms with E-state index >= 15 is 0 Å². The van der Waals surface area contributed by atoms with E-state index in [-0.39, 0.29) is 0 Å². The lowest BCUT2D eigenvalue weighted by atomic mass is 9.74. The summed E-state index contributed by atoms with van der Waals surface area (Å²) in [6, 6.07) is 6.47. The van der Waals surface area contributed by atoms with Crippen molar-refractivity contribution in [3.63, 3.8) is 0 Å². The highest BCUT2D eigenvalue weighted by atomic mass is 79.9. The van der Waals surface area contributed by atoms with Crippen LogP contribution in [0.25, 0.3) is 0 Å². The molecule has 1 aliphatic rings. The second-order valence-electron chi connectivity index (χ2n) is 4.95. The molecule has 1 fully saturated rings. The van der Waals surface area contributed by atoms with Gasteiger partial charge in [0, 0.05) is 4.47 Å². The van der Waals surface area contributed by atoms with Crippen molar-refractivity contribution in [1.82, 2.24) is 0 Å². The van der Waals surface area contributed by atoms with Gasteiger partial charge in [-0.2, -0.15) is 0 Å². The zero-order chi connectivity index (χ0) is 12.3. The molecule has 1 nitrogen and oxygen atoms in total. The van der Waals surface area contributed by atoms with Crippen LogP contribution in [0.4, 0.5) is 0 Å². The fourth-order valence-electron chi connectivity index (χ4n) is 3.10. The summed E-state index contributed by atoms with van der Waals surface area (Å²) in [6.45, 7) is 2.31. The first-order chi connectivity index (χ1) is 8.26. The van der Waals surface area contributed by atoms with E-state index in [2.05, 4.69) is 41.1 Å². The maximum atomic E-state index is 5.54. The normalized spacial score (nSPS) is 24.6. The van der Waals surface area contributed by atoms with E-state index in [9.17, 15) is 0 Å². The average Bonchev–Trinajstić information content (AvgIpc) is 2.38. The summed E-state index contributed by atoms with van der Waals surface area (Å²) < 4.78 is 6.64. The summed E-state index contributed by atoms with van der Waals surface area (Å²) in [7, 11) is 1.77. The van der Waals surface area contributed by atoms with Gasteiger partial charge in [0.05, 0.1) is 7.11 Å². The molecule has 1 aromatic rings. The lowest BCUT2D eigenvalue weighted by Gasteiger charge is -2.32. The first-order valence-corrected chi connectivity index (χ1v) is 7.39. The molecule has 0 heterocycles. The van der Waals surface area contributed by atoms with E-state index in [0.717, 1.165) is 16.1 Å². The third-order valence-corrected chi connectivity index (χ3v) is 4.52. The Hall–Kier alpha value is -0.500. The van der Waals surface area contributed by atoms with Crippen LogP contribution in [0.5, 0.6) is 5.75 Å². The van der Waals surface area contributed by atoms with Crippen molar-refractivity contribution in [3.05, 3.63) is 28.2 Å². The summed E-state index contributed by atoms with van der Waals surface area (Å²) in [5.41, 5.74) is 1.40. The molecule has 1 aromatic carbocycles. The fourth-order valence-corrected chi connectivity index (χ4v) is 3.44. The molecule has 0 saturated heterocycles. The summed E-state index contributed by atoms with van der Waals surface area (Å²) in [5.74, 6) is 2.57. The molecule has 0 radical (unpaired) electrons. The van der Waals surface area contributed by atoms with Crippen LogP contribution in [0, 0.1) is 5.92 Å². The fraction of sp³-hybridized carbons (Fsp3) is 0.600. The van der Waals surface area contributed by atoms with Crippen LogP contribution in [-0.2, 0) is 0 Å². The van der Waals surface area contributed by atoms with Gasteiger partial charge < -0.3 is 4.74 Å². The molecular weight excluding hydrogens is 276 g/mol. The van der Waals surface area contributed by atoms with Crippen LogP contribution >= 0.6 is 15.9 Å². The Morgan fingerprint density at radius 3 is 2.76 bits per heavy atom. The van der Waals surface area contributed by atoms with Gasteiger partial charge in [-0.1, -0.05) is 48.2 Å². The highest BCUT2D eigenvalue weighted by Crippen LogP contribution is 2.43. The third kappa shape index (κ3) is 2.85. The quantitative estimate of drug-likeness (QED) is 0.750. The van der Waals surface area contributed by atoms with Crippen molar-refractivity contribution in [1.29, 1.82) is 0 Å². The van der Waals surface area contributed by atoms with Crippen LogP contribution in [0.2, 0.25) is 0 Å². The lowest BCUT2D eigenvalue weighted by molar-refractivity contribution is 0.291. The molecule has 0 aromatic heterocycles. The summed E-state index contributed by atoms with van der Waals surface area (Å²) in [6.07, 6.45) is 6.73. The SMILES string of the molecule is CCC1CCCCC1c1ccc(Br)cc1OC. The summed E-state index contributed by atoms with van der Waals surface area (Å²) >= 11 is 3.51. The minimum atomic E-state index is 0.691. The minimum absolute atomic E-state index is 0.691. The Morgan fingerprint density at radius 1 is 1.29 bits per heavy atom. The number of hydrogen-bond acceptors (Lipinski definition) is 1. The van der Waals surface area contributed by atoms with E-state index in [4.69, 9.17) is 4.74 Å². The van der Waals surface area contributed by atoms with Crippen LogP contribution in [0.15, 0.2) is 22.7 Å². The topological polar surface area (TPSA) is 9.23 Å². The highest BCUT2D eigenvalue weighted by Gasteiger charge is 2.27. The predicted molar refractivity (Wildman–Crippen MR) is 75.7 cm³/mol. The summed E-state index contributed by atoms with van der Waals surface area (Å²) in [4.78, 5) is 0. The Labute approximate surface area is 113 Å². The first kappa shape index (κ1) is 12.9. The number of benzene rings is 1. The molecule has 17 heavy (non-hydrogen) atoms. The van der Waals surface area contributed by atoms with Crippen LogP contribution in [-0.4, -0.2) is 7.11 Å². The van der Waals surface area contributed by atoms with Gasteiger partial charge in [-0.3, -0.25) is 0 Å². The maximum Gasteiger partial charge on any atom is 0.123 e. The van der Waals surface area contributed by atoms with E-state index in [1.807, 2.05) is 0 Å². The van der Waals surface area contributed by atoms with Crippen molar-refractivity contribution < 1.29 is 4.74 Å². The molecule has 2 unspecified atom stereocenters. The van der Waals surface area contributed by atoms with Gasteiger partial charge in [0.25, 0.3) is 0 Å². The van der Waals surface area contributed by atoms with Gasteiger partial charge in [-0.05, 0) is 42.4 Å².